The smallest absolute Gasteiger partial charge is 0.309 e. The van der Waals surface area contributed by atoms with E-state index < -0.39 is 5.97 Å². The summed E-state index contributed by atoms with van der Waals surface area (Å²) in [5.74, 6) is -0.355. The van der Waals surface area contributed by atoms with Crippen LogP contribution in [0.15, 0.2) is 24.3 Å². The summed E-state index contributed by atoms with van der Waals surface area (Å²) >= 11 is 0. The van der Waals surface area contributed by atoms with Crippen LogP contribution in [0, 0.1) is 0 Å². The molecule has 0 saturated carbocycles. The number of carbonyl (C=O) groups is 2. The third-order valence-corrected chi connectivity index (χ3v) is 2.88. The molecule has 0 aromatic heterocycles. The quantitative estimate of drug-likeness (QED) is 0.709. The van der Waals surface area contributed by atoms with Gasteiger partial charge in [0.15, 0.2) is 0 Å². The highest BCUT2D eigenvalue weighted by atomic mass is 16.5. The number of ether oxygens (including phenoxy) is 2. The average Bonchev–Trinajstić information content (AvgIpc) is 2.40. The molecule has 1 N–H and O–H groups in total. The van der Waals surface area contributed by atoms with Gasteiger partial charge in [-0.05, 0) is 44.4 Å². The Labute approximate surface area is 124 Å². The van der Waals surface area contributed by atoms with E-state index in [0.717, 1.165) is 12.0 Å². The van der Waals surface area contributed by atoms with Crippen molar-refractivity contribution in [1.29, 1.82) is 0 Å². The summed E-state index contributed by atoms with van der Waals surface area (Å²) in [5, 5.41) is 8.59. The van der Waals surface area contributed by atoms with Crippen LogP contribution in [0.3, 0.4) is 0 Å². The first kappa shape index (κ1) is 17.0. The van der Waals surface area contributed by atoms with Crippen LogP contribution in [0.4, 0.5) is 0 Å². The van der Waals surface area contributed by atoms with Gasteiger partial charge in [0, 0.05) is 6.42 Å². The third-order valence-electron chi connectivity index (χ3n) is 2.88. The molecule has 0 heterocycles. The molecule has 0 radical (unpaired) electrons. The topological polar surface area (TPSA) is 72.8 Å². The Hall–Kier alpha value is -2.04. The van der Waals surface area contributed by atoms with Gasteiger partial charge in [-0.2, -0.15) is 0 Å². The Morgan fingerprint density at radius 1 is 1.24 bits per heavy atom. The van der Waals surface area contributed by atoms with Gasteiger partial charge < -0.3 is 14.6 Å². The molecule has 1 aromatic carbocycles. The molecule has 0 aliphatic rings. The van der Waals surface area contributed by atoms with Crippen molar-refractivity contribution in [2.75, 3.05) is 6.61 Å². The summed E-state index contributed by atoms with van der Waals surface area (Å²) < 4.78 is 10.5. The van der Waals surface area contributed by atoms with Gasteiger partial charge in [-0.25, -0.2) is 0 Å². The Morgan fingerprint density at radius 2 is 1.90 bits per heavy atom. The largest absolute Gasteiger partial charge is 0.490 e. The first-order valence-electron chi connectivity index (χ1n) is 7.14. The molecule has 0 spiro atoms. The molecule has 0 amide bonds. The van der Waals surface area contributed by atoms with Crippen molar-refractivity contribution >= 4 is 11.9 Å². The zero-order valence-corrected chi connectivity index (χ0v) is 12.5. The minimum absolute atomic E-state index is 0.175. The number of hydrogen-bond donors (Lipinski definition) is 1. The second-order valence-electron chi connectivity index (χ2n) is 4.83. The molecular formula is C16H22O5. The maximum atomic E-state index is 11.3. The predicted molar refractivity (Wildman–Crippen MR) is 78.4 cm³/mol. The molecule has 1 atom stereocenters. The highest BCUT2D eigenvalue weighted by Gasteiger charge is 2.11. The van der Waals surface area contributed by atoms with Crippen molar-refractivity contribution in [3.8, 4) is 5.75 Å². The van der Waals surface area contributed by atoms with E-state index in [4.69, 9.17) is 14.6 Å². The summed E-state index contributed by atoms with van der Waals surface area (Å²) in [4.78, 5) is 21.8. The molecular weight excluding hydrogens is 272 g/mol. The number of benzene rings is 1. The van der Waals surface area contributed by atoms with E-state index in [1.165, 1.54) is 0 Å². The van der Waals surface area contributed by atoms with Crippen LogP contribution in [0.2, 0.25) is 0 Å². The lowest BCUT2D eigenvalue weighted by Gasteiger charge is -2.14. The minimum atomic E-state index is -0.775. The zero-order chi connectivity index (χ0) is 15.7. The summed E-state index contributed by atoms with van der Waals surface area (Å²) in [6.07, 6.45) is 1.49. The third kappa shape index (κ3) is 7.34. The fraction of sp³-hybridized carbons (Fsp3) is 0.500. The SMILES string of the molecule is CCOC(=O)CC(C)Oc1ccc(CCCC(=O)O)cc1. The van der Waals surface area contributed by atoms with Crippen molar-refractivity contribution < 1.29 is 24.2 Å². The van der Waals surface area contributed by atoms with Gasteiger partial charge in [0.05, 0.1) is 13.0 Å². The number of hydrogen-bond acceptors (Lipinski definition) is 4. The fourth-order valence-electron chi connectivity index (χ4n) is 1.91. The fourth-order valence-corrected chi connectivity index (χ4v) is 1.91. The number of carboxylic acid groups (broad SMARTS) is 1. The van der Waals surface area contributed by atoms with Crippen molar-refractivity contribution in [2.45, 2.75) is 45.6 Å². The maximum absolute atomic E-state index is 11.3. The van der Waals surface area contributed by atoms with Gasteiger partial charge in [0.25, 0.3) is 0 Å². The summed E-state index contributed by atoms with van der Waals surface area (Å²) in [7, 11) is 0. The van der Waals surface area contributed by atoms with Crippen molar-refractivity contribution in [2.24, 2.45) is 0 Å². The number of carbonyl (C=O) groups excluding carboxylic acids is 1. The lowest BCUT2D eigenvalue weighted by atomic mass is 10.1. The van der Waals surface area contributed by atoms with Crippen molar-refractivity contribution in [3.63, 3.8) is 0 Å². The molecule has 116 valence electrons. The Balaban J connectivity index is 2.39. The molecule has 1 rings (SSSR count). The molecule has 0 saturated heterocycles. The lowest BCUT2D eigenvalue weighted by Crippen LogP contribution is -2.18. The Morgan fingerprint density at radius 3 is 2.48 bits per heavy atom. The van der Waals surface area contributed by atoms with Crippen LogP contribution >= 0.6 is 0 Å². The second kappa shape index (κ2) is 9.00. The monoisotopic (exact) mass is 294 g/mol. The Kier molecular flexibility index (Phi) is 7.29. The molecule has 0 fully saturated rings. The van der Waals surface area contributed by atoms with E-state index >= 15 is 0 Å². The van der Waals surface area contributed by atoms with Crippen LogP contribution in [0.5, 0.6) is 5.75 Å². The van der Waals surface area contributed by atoms with Crippen LogP contribution in [0.25, 0.3) is 0 Å². The zero-order valence-electron chi connectivity index (χ0n) is 12.5. The van der Waals surface area contributed by atoms with Gasteiger partial charge in [0.1, 0.15) is 11.9 Å². The number of rotatable bonds is 9. The molecule has 0 aliphatic carbocycles. The Bertz CT molecular complexity index is 452. The van der Waals surface area contributed by atoms with Gasteiger partial charge in [-0.3, -0.25) is 9.59 Å². The van der Waals surface area contributed by atoms with Gasteiger partial charge >= 0.3 is 11.9 Å². The average molecular weight is 294 g/mol. The van der Waals surface area contributed by atoms with E-state index in [0.29, 0.717) is 18.8 Å². The van der Waals surface area contributed by atoms with E-state index in [2.05, 4.69) is 0 Å². The first-order valence-corrected chi connectivity index (χ1v) is 7.14. The van der Waals surface area contributed by atoms with Crippen molar-refractivity contribution in [1.82, 2.24) is 0 Å². The molecule has 1 aromatic rings. The number of esters is 1. The van der Waals surface area contributed by atoms with Gasteiger partial charge in [-0.15, -0.1) is 0 Å². The number of aryl methyl sites for hydroxylation is 1. The standard InChI is InChI=1S/C16H22O5/c1-3-20-16(19)11-12(2)21-14-9-7-13(8-10-14)5-4-6-15(17)18/h7-10,12H,3-6,11H2,1-2H3,(H,17,18). The van der Waals surface area contributed by atoms with Crippen LogP contribution < -0.4 is 4.74 Å². The van der Waals surface area contributed by atoms with E-state index in [1.54, 1.807) is 6.92 Å². The van der Waals surface area contributed by atoms with E-state index in [9.17, 15) is 9.59 Å². The normalized spacial score (nSPS) is 11.7. The highest BCUT2D eigenvalue weighted by Crippen LogP contribution is 2.16. The van der Waals surface area contributed by atoms with E-state index in [-0.39, 0.29) is 24.9 Å². The van der Waals surface area contributed by atoms with Crippen LogP contribution in [-0.4, -0.2) is 29.8 Å². The summed E-state index contributed by atoms with van der Waals surface area (Å²) in [5.41, 5.74) is 1.07. The molecule has 5 nitrogen and oxygen atoms in total. The maximum Gasteiger partial charge on any atom is 0.309 e. The van der Waals surface area contributed by atoms with Gasteiger partial charge in [-0.1, -0.05) is 12.1 Å². The molecule has 21 heavy (non-hydrogen) atoms. The van der Waals surface area contributed by atoms with Crippen LogP contribution in [-0.2, 0) is 20.7 Å². The predicted octanol–water partition coefficient (Wildman–Crippen LogP) is 2.81. The lowest BCUT2D eigenvalue weighted by molar-refractivity contribution is -0.144. The van der Waals surface area contributed by atoms with E-state index in [1.807, 2.05) is 31.2 Å². The van der Waals surface area contributed by atoms with Gasteiger partial charge in [0.2, 0.25) is 0 Å². The number of carboxylic acids is 1. The molecule has 1 unspecified atom stereocenters. The minimum Gasteiger partial charge on any atom is -0.490 e. The highest BCUT2D eigenvalue weighted by molar-refractivity contribution is 5.69. The molecule has 0 bridgehead atoms. The number of aliphatic carboxylic acids is 1. The molecule has 5 heteroatoms. The van der Waals surface area contributed by atoms with Crippen molar-refractivity contribution in [3.05, 3.63) is 29.8 Å². The first-order chi connectivity index (χ1) is 10.0. The summed E-state index contributed by atoms with van der Waals surface area (Å²) in [6.45, 7) is 3.96. The molecule has 0 aliphatic heterocycles. The van der Waals surface area contributed by atoms with Crippen LogP contribution in [0.1, 0.15) is 38.7 Å². The summed E-state index contributed by atoms with van der Waals surface area (Å²) in [6, 6.07) is 7.48. The second-order valence-corrected chi connectivity index (χ2v) is 4.83.